The Bertz CT molecular complexity index is 471. The third kappa shape index (κ3) is 2.15. The number of hydrogen-bond donors (Lipinski definition) is 1. The molecule has 0 aromatic carbocycles. The van der Waals surface area contributed by atoms with Crippen molar-refractivity contribution in [3.05, 3.63) is 48.2 Å². The molecule has 0 unspecified atom stereocenters. The summed E-state index contributed by atoms with van der Waals surface area (Å²) >= 11 is 0. The van der Waals surface area contributed by atoms with Gasteiger partial charge in [0.1, 0.15) is 6.07 Å². The van der Waals surface area contributed by atoms with Gasteiger partial charge < -0.3 is 9.73 Å². The van der Waals surface area contributed by atoms with E-state index in [0.29, 0.717) is 12.2 Å². The van der Waals surface area contributed by atoms with E-state index in [0.717, 1.165) is 11.3 Å². The van der Waals surface area contributed by atoms with Gasteiger partial charge in [-0.1, -0.05) is 0 Å². The van der Waals surface area contributed by atoms with E-state index in [9.17, 15) is 0 Å². The molecule has 0 bridgehead atoms. The largest absolute Gasteiger partial charge is 0.472 e. The van der Waals surface area contributed by atoms with E-state index in [1.165, 1.54) is 0 Å². The van der Waals surface area contributed by atoms with E-state index in [1.54, 1.807) is 24.8 Å². The summed E-state index contributed by atoms with van der Waals surface area (Å²) in [5.41, 5.74) is 2.17. The summed E-state index contributed by atoms with van der Waals surface area (Å²) in [6.07, 6.45) is 4.88. The van der Waals surface area contributed by atoms with Gasteiger partial charge in [-0.2, -0.15) is 5.26 Å². The molecule has 0 atom stereocenters. The monoisotopic (exact) mass is 199 g/mol. The van der Waals surface area contributed by atoms with Crippen molar-refractivity contribution < 1.29 is 4.42 Å². The van der Waals surface area contributed by atoms with Gasteiger partial charge in [-0.15, -0.1) is 0 Å². The number of aromatic nitrogens is 1. The van der Waals surface area contributed by atoms with Crippen molar-refractivity contribution in [1.29, 1.82) is 5.26 Å². The summed E-state index contributed by atoms with van der Waals surface area (Å²) in [6.45, 7) is 0.622. The highest BCUT2D eigenvalue weighted by atomic mass is 16.3. The molecule has 0 fully saturated rings. The third-order valence-corrected chi connectivity index (χ3v) is 1.98. The average Bonchev–Trinajstić information content (AvgIpc) is 2.79. The van der Waals surface area contributed by atoms with Crippen LogP contribution >= 0.6 is 0 Å². The van der Waals surface area contributed by atoms with E-state index in [1.807, 2.05) is 18.2 Å². The predicted molar refractivity (Wildman–Crippen MR) is 55.0 cm³/mol. The number of anilines is 1. The maximum absolute atomic E-state index is 8.80. The summed E-state index contributed by atoms with van der Waals surface area (Å²) in [6, 6.07) is 7.51. The fourth-order valence-corrected chi connectivity index (χ4v) is 1.23. The Labute approximate surface area is 87.2 Å². The topological polar surface area (TPSA) is 61.9 Å². The van der Waals surface area contributed by atoms with E-state index < -0.39 is 0 Å². The normalized spacial score (nSPS) is 9.53. The van der Waals surface area contributed by atoms with Crippen molar-refractivity contribution in [3.63, 3.8) is 0 Å². The Kier molecular flexibility index (Phi) is 2.65. The number of nitrogens with one attached hydrogen (secondary N) is 1. The first-order valence-corrected chi connectivity index (χ1v) is 4.50. The lowest BCUT2D eigenvalue weighted by atomic mass is 10.3. The van der Waals surface area contributed by atoms with E-state index in [2.05, 4.69) is 10.3 Å². The SMILES string of the molecule is N#Cc1ncccc1NCc1ccoc1. The molecule has 0 aliphatic heterocycles. The standard InChI is InChI=1S/C11H9N3O/c12-6-11-10(2-1-4-13-11)14-7-9-3-5-15-8-9/h1-5,8,14H,7H2. The van der Waals surface area contributed by atoms with E-state index in [-0.39, 0.29) is 0 Å². The van der Waals surface area contributed by atoms with Crippen molar-refractivity contribution in [1.82, 2.24) is 4.98 Å². The second kappa shape index (κ2) is 4.29. The minimum absolute atomic E-state index is 0.404. The van der Waals surface area contributed by atoms with Gasteiger partial charge >= 0.3 is 0 Å². The fraction of sp³-hybridized carbons (Fsp3) is 0.0909. The van der Waals surface area contributed by atoms with Gasteiger partial charge in [-0.3, -0.25) is 0 Å². The van der Waals surface area contributed by atoms with Gasteiger partial charge in [0.05, 0.1) is 18.2 Å². The highest BCUT2D eigenvalue weighted by Gasteiger charge is 2.01. The average molecular weight is 199 g/mol. The number of hydrogen-bond acceptors (Lipinski definition) is 4. The summed E-state index contributed by atoms with van der Waals surface area (Å²) in [4.78, 5) is 3.95. The lowest BCUT2D eigenvalue weighted by Gasteiger charge is -2.04. The van der Waals surface area contributed by atoms with Crippen molar-refractivity contribution in [2.24, 2.45) is 0 Å². The van der Waals surface area contributed by atoms with Crippen molar-refractivity contribution in [2.45, 2.75) is 6.54 Å². The highest BCUT2D eigenvalue weighted by Crippen LogP contribution is 2.12. The van der Waals surface area contributed by atoms with Crippen LogP contribution in [-0.2, 0) is 6.54 Å². The van der Waals surface area contributed by atoms with Crippen LogP contribution in [0.15, 0.2) is 41.3 Å². The molecule has 2 aromatic heterocycles. The van der Waals surface area contributed by atoms with Gasteiger partial charge in [-0.05, 0) is 18.2 Å². The van der Waals surface area contributed by atoms with E-state index in [4.69, 9.17) is 9.68 Å². The van der Waals surface area contributed by atoms with Crippen LogP contribution in [0.1, 0.15) is 11.3 Å². The zero-order valence-corrected chi connectivity index (χ0v) is 7.97. The molecule has 4 heteroatoms. The molecule has 2 rings (SSSR count). The Morgan fingerprint density at radius 1 is 1.47 bits per heavy atom. The Balaban J connectivity index is 2.08. The van der Waals surface area contributed by atoms with Crippen LogP contribution in [0.3, 0.4) is 0 Å². The second-order valence-corrected chi connectivity index (χ2v) is 3.00. The maximum atomic E-state index is 8.80. The number of nitrogens with zero attached hydrogens (tertiary/aromatic N) is 2. The quantitative estimate of drug-likeness (QED) is 0.822. The molecule has 2 aromatic rings. The number of furan rings is 1. The van der Waals surface area contributed by atoms with Crippen LogP contribution in [0.25, 0.3) is 0 Å². The molecule has 4 nitrogen and oxygen atoms in total. The van der Waals surface area contributed by atoms with Crippen molar-refractivity contribution in [3.8, 4) is 6.07 Å². The van der Waals surface area contributed by atoms with Crippen LogP contribution in [0.4, 0.5) is 5.69 Å². The fourth-order valence-electron chi connectivity index (χ4n) is 1.23. The van der Waals surface area contributed by atoms with Crippen molar-refractivity contribution in [2.75, 3.05) is 5.32 Å². The van der Waals surface area contributed by atoms with Crippen LogP contribution in [-0.4, -0.2) is 4.98 Å². The minimum Gasteiger partial charge on any atom is -0.472 e. The van der Waals surface area contributed by atoms with Gasteiger partial charge in [0.25, 0.3) is 0 Å². The van der Waals surface area contributed by atoms with Crippen molar-refractivity contribution >= 4 is 5.69 Å². The summed E-state index contributed by atoms with van der Waals surface area (Å²) < 4.78 is 4.94. The Hall–Kier alpha value is -2.28. The lowest BCUT2D eigenvalue weighted by Crippen LogP contribution is -2.01. The van der Waals surface area contributed by atoms with Crippen LogP contribution in [0.5, 0.6) is 0 Å². The number of pyridine rings is 1. The smallest absolute Gasteiger partial charge is 0.163 e. The van der Waals surface area contributed by atoms with Crippen LogP contribution in [0.2, 0.25) is 0 Å². The highest BCUT2D eigenvalue weighted by molar-refractivity contribution is 5.53. The summed E-state index contributed by atoms with van der Waals surface area (Å²) in [5, 5.41) is 11.9. The molecule has 74 valence electrons. The molecular weight excluding hydrogens is 190 g/mol. The molecule has 0 saturated heterocycles. The molecule has 0 spiro atoms. The Morgan fingerprint density at radius 2 is 2.40 bits per heavy atom. The zero-order valence-electron chi connectivity index (χ0n) is 7.97. The maximum Gasteiger partial charge on any atom is 0.163 e. The molecule has 0 saturated carbocycles. The molecular formula is C11H9N3O. The second-order valence-electron chi connectivity index (χ2n) is 3.00. The van der Waals surface area contributed by atoms with Gasteiger partial charge in [-0.25, -0.2) is 4.98 Å². The third-order valence-electron chi connectivity index (χ3n) is 1.98. The summed E-state index contributed by atoms with van der Waals surface area (Å²) in [5.74, 6) is 0. The first-order chi connectivity index (χ1) is 7.40. The molecule has 0 aliphatic carbocycles. The number of rotatable bonds is 3. The van der Waals surface area contributed by atoms with E-state index >= 15 is 0 Å². The molecule has 1 N–H and O–H groups in total. The van der Waals surface area contributed by atoms with Gasteiger partial charge in [0.2, 0.25) is 0 Å². The summed E-state index contributed by atoms with van der Waals surface area (Å²) in [7, 11) is 0. The molecule has 2 heterocycles. The van der Waals surface area contributed by atoms with Gasteiger partial charge in [0.15, 0.2) is 5.69 Å². The van der Waals surface area contributed by atoms with Gasteiger partial charge in [0, 0.05) is 18.3 Å². The first kappa shape index (κ1) is 9.28. The Morgan fingerprint density at radius 3 is 3.13 bits per heavy atom. The molecule has 0 amide bonds. The minimum atomic E-state index is 0.404. The zero-order chi connectivity index (χ0) is 10.5. The first-order valence-electron chi connectivity index (χ1n) is 4.50. The molecule has 0 aliphatic rings. The van der Waals surface area contributed by atoms with Crippen LogP contribution in [0, 0.1) is 11.3 Å². The lowest BCUT2D eigenvalue weighted by molar-refractivity contribution is 0.564. The predicted octanol–water partition coefficient (Wildman–Crippen LogP) is 2.16. The molecule has 15 heavy (non-hydrogen) atoms. The number of nitriles is 1. The molecule has 0 radical (unpaired) electrons. The van der Waals surface area contributed by atoms with Crippen LogP contribution < -0.4 is 5.32 Å².